The van der Waals surface area contributed by atoms with E-state index < -0.39 is 27.2 Å². The first-order chi connectivity index (χ1) is 9.42. The summed E-state index contributed by atoms with van der Waals surface area (Å²) >= 11 is 0. The van der Waals surface area contributed by atoms with E-state index in [4.69, 9.17) is 4.74 Å². The molecule has 0 aromatic rings. The van der Waals surface area contributed by atoms with Crippen LogP contribution < -0.4 is 10.0 Å². The zero-order chi connectivity index (χ0) is 15.2. The molecule has 0 aromatic carbocycles. The van der Waals surface area contributed by atoms with E-state index in [1.54, 1.807) is 0 Å². The van der Waals surface area contributed by atoms with E-state index in [1.165, 1.54) is 7.11 Å². The minimum atomic E-state index is -3.49. The molecule has 1 rings (SSSR count). The maximum Gasteiger partial charge on any atom is 0.310 e. The predicted octanol–water partition coefficient (Wildman–Crippen LogP) is 0.636. The third-order valence-electron chi connectivity index (χ3n) is 3.75. The maximum absolute atomic E-state index is 12.4. The van der Waals surface area contributed by atoms with E-state index >= 15 is 0 Å². The lowest BCUT2D eigenvalue weighted by Crippen LogP contribution is -2.47. The molecule has 0 aromatic heterocycles. The Morgan fingerprint density at radius 3 is 2.60 bits per heavy atom. The molecule has 3 atom stereocenters. The summed E-state index contributed by atoms with van der Waals surface area (Å²) in [4.78, 5) is 11.7. The first-order valence-electron chi connectivity index (χ1n) is 7.22. The Kier molecular flexibility index (Phi) is 6.91. The van der Waals surface area contributed by atoms with Gasteiger partial charge in [0, 0.05) is 12.6 Å². The number of hydrogen-bond donors (Lipinski definition) is 2. The van der Waals surface area contributed by atoms with Crippen molar-refractivity contribution in [1.82, 2.24) is 10.0 Å². The zero-order valence-electron chi connectivity index (χ0n) is 12.5. The summed E-state index contributed by atoms with van der Waals surface area (Å²) < 4.78 is 32.1. The lowest BCUT2D eigenvalue weighted by Gasteiger charge is -2.29. The molecule has 0 amide bonds. The molecule has 0 radical (unpaired) electrons. The summed E-state index contributed by atoms with van der Waals surface area (Å²) in [6.07, 6.45) is 2.81. The average molecular weight is 306 g/mol. The van der Waals surface area contributed by atoms with E-state index in [9.17, 15) is 13.2 Å². The van der Waals surface area contributed by atoms with Crippen molar-refractivity contribution in [2.45, 2.75) is 50.8 Å². The summed E-state index contributed by atoms with van der Waals surface area (Å²) in [6.45, 7) is 5.02. The molecule has 1 fully saturated rings. The Morgan fingerprint density at radius 1 is 1.35 bits per heavy atom. The number of sulfonamides is 1. The molecular formula is C13H26N2O4S. The van der Waals surface area contributed by atoms with Crippen LogP contribution in [0.2, 0.25) is 0 Å². The highest BCUT2D eigenvalue weighted by Gasteiger charge is 2.40. The van der Waals surface area contributed by atoms with Gasteiger partial charge in [-0.05, 0) is 26.3 Å². The SMILES string of the molecule is CCN[C@H](C)CNS(=O)(=O)C1CCCCC1C(=O)OC. The van der Waals surface area contributed by atoms with Crippen molar-refractivity contribution in [3.8, 4) is 0 Å². The molecular weight excluding hydrogens is 280 g/mol. The van der Waals surface area contributed by atoms with Gasteiger partial charge in [0.1, 0.15) is 0 Å². The molecule has 7 heteroatoms. The molecule has 0 aliphatic heterocycles. The quantitative estimate of drug-likeness (QED) is 0.674. The number of carbonyl (C=O) groups is 1. The van der Waals surface area contributed by atoms with Crippen molar-refractivity contribution in [3.63, 3.8) is 0 Å². The smallest absolute Gasteiger partial charge is 0.310 e. The third kappa shape index (κ3) is 4.71. The van der Waals surface area contributed by atoms with Gasteiger partial charge in [-0.1, -0.05) is 19.8 Å². The topological polar surface area (TPSA) is 84.5 Å². The number of methoxy groups -OCH3 is 1. The van der Waals surface area contributed by atoms with Crippen molar-refractivity contribution in [3.05, 3.63) is 0 Å². The van der Waals surface area contributed by atoms with Crippen LogP contribution in [0.5, 0.6) is 0 Å². The number of carbonyl (C=O) groups excluding carboxylic acids is 1. The van der Waals surface area contributed by atoms with Gasteiger partial charge in [-0.2, -0.15) is 0 Å². The van der Waals surface area contributed by atoms with E-state index in [-0.39, 0.29) is 6.04 Å². The molecule has 0 bridgehead atoms. The standard InChI is InChI=1S/C13H26N2O4S/c1-4-14-10(2)9-15-20(17,18)12-8-6-5-7-11(12)13(16)19-3/h10-12,14-15H,4-9H2,1-3H3/t10-,11?,12?/m1/s1. The number of hydrogen-bond acceptors (Lipinski definition) is 5. The maximum atomic E-state index is 12.4. The first-order valence-corrected chi connectivity index (χ1v) is 8.76. The molecule has 118 valence electrons. The summed E-state index contributed by atoms with van der Waals surface area (Å²) in [7, 11) is -2.18. The van der Waals surface area contributed by atoms with Crippen LogP contribution in [0.1, 0.15) is 39.5 Å². The summed E-state index contributed by atoms with van der Waals surface area (Å²) in [6, 6.07) is 0.0648. The van der Waals surface area contributed by atoms with Crippen LogP contribution in [0, 0.1) is 5.92 Å². The van der Waals surface area contributed by atoms with Crippen molar-refractivity contribution >= 4 is 16.0 Å². The van der Waals surface area contributed by atoms with Gasteiger partial charge in [0.05, 0.1) is 18.3 Å². The van der Waals surface area contributed by atoms with Crippen LogP contribution >= 0.6 is 0 Å². The fraction of sp³-hybridized carbons (Fsp3) is 0.923. The number of likely N-dealkylation sites (N-methyl/N-ethyl adjacent to an activating group) is 1. The second-order valence-corrected chi connectivity index (χ2v) is 7.29. The van der Waals surface area contributed by atoms with Gasteiger partial charge in [-0.15, -0.1) is 0 Å². The van der Waals surface area contributed by atoms with Gasteiger partial charge in [0.15, 0.2) is 0 Å². The van der Waals surface area contributed by atoms with Crippen LogP contribution in [-0.2, 0) is 19.6 Å². The number of rotatable bonds is 7. The normalized spacial score (nSPS) is 25.1. The lowest BCUT2D eigenvalue weighted by atomic mass is 9.89. The number of esters is 1. The summed E-state index contributed by atoms with van der Waals surface area (Å²) in [5.41, 5.74) is 0. The predicted molar refractivity (Wildman–Crippen MR) is 77.8 cm³/mol. The molecule has 0 heterocycles. The molecule has 1 aliphatic carbocycles. The Balaban J connectivity index is 2.70. The molecule has 1 aliphatic rings. The highest BCUT2D eigenvalue weighted by atomic mass is 32.2. The zero-order valence-corrected chi connectivity index (χ0v) is 13.3. The van der Waals surface area contributed by atoms with Crippen molar-refractivity contribution < 1.29 is 17.9 Å². The summed E-state index contributed by atoms with van der Waals surface area (Å²) in [5, 5.41) is 2.48. The van der Waals surface area contributed by atoms with Crippen molar-refractivity contribution in [1.29, 1.82) is 0 Å². The molecule has 6 nitrogen and oxygen atoms in total. The van der Waals surface area contributed by atoms with Crippen LogP contribution in [-0.4, -0.2) is 45.9 Å². The fourth-order valence-electron chi connectivity index (χ4n) is 2.66. The van der Waals surface area contributed by atoms with Gasteiger partial charge in [-0.25, -0.2) is 13.1 Å². The molecule has 20 heavy (non-hydrogen) atoms. The van der Waals surface area contributed by atoms with Crippen molar-refractivity contribution in [2.75, 3.05) is 20.2 Å². The summed E-state index contributed by atoms with van der Waals surface area (Å²) in [5.74, 6) is -0.958. The van der Waals surface area contributed by atoms with Gasteiger partial charge >= 0.3 is 5.97 Å². The van der Waals surface area contributed by atoms with Crippen LogP contribution in [0.3, 0.4) is 0 Å². The van der Waals surface area contributed by atoms with Crippen molar-refractivity contribution in [2.24, 2.45) is 5.92 Å². The van der Waals surface area contributed by atoms with Gasteiger partial charge < -0.3 is 10.1 Å². The second-order valence-electron chi connectivity index (χ2n) is 5.30. The molecule has 1 saturated carbocycles. The first kappa shape index (κ1) is 17.4. The van der Waals surface area contributed by atoms with Gasteiger partial charge in [0.25, 0.3) is 0 Å². The Morgan fingerprint density at radius 2 is 2.00 bits per heavy atom. The minimum Gasteiger partial charge on any atom is -0.469 e. The highest BCUT2D eigenvalue weighted by molar-refractivity contribution is 7.90. The molecule has 0 spiro atoms. The van der Waals surface area contributed by atoms with Crippen LogP contribution in [0.15, 0.2) is 0 Å². The highest BCUT2D eigenvalue weighted by Crippen LogP contribution is 2.30. The van der Waals surface area contributed by atoms with Crippen LogP contribution in [0.4, 0.5) is 0 Å². The monoisotopic (exact) mass is 306 g/mol. The van der Waals surface area contributed by atoms with E-state index in [2.05, 4.69) is 10.0 Å². The molecule has 0 saturated heterocycles. The third-order valence-corrected chi connectivity index (χ3v) is 5.68. The minimum absolute atomic E-state index is 0.0648. The second kappa shape index (κ2) is 7.95. The Hall–Kier alpha value is -0.660. The van der Waals surface area contributed by atoms with Gasteiger partial charge in [-0.3, -0.25) is 4.79 Å². The Labute approximate surface area is 121 Å². The number of ether oxygens (including phenoxy) is 1. The fourth-order valence-corrected chi connectivity index (χ4v) is 4.51. The lowest BCUT2D eigenvalue weighted by molar-refractivity contribution is -0.146. The largest absolute Gasteiger partial charge is 0.469 e. The van der Waals surface area contributed by atoms with Crippen LogP contribution in [0.25, 0.3) is 0 Å². The molecule has 2 N–H and O–H groups in total. The van der Waals surface area contributed by atoms with E-state index in [1.807, 2.05) is 13.8 Å². The molecule has 2 unspecified atom stereocenters. The van der Waals surface area contributed by atoms with E-state index in [0.717, 1.165) is 19.4 Å². The van der Waals surface area contributed by atoms with Gasteiger partial charge in [0.2, 0.25) is 10.0 Å². The average Bonchev–Trinajstić information content (AvgIpc) is 2.45. The van der Waals surface area contributed by atoms with E-state index in [0.29, 0.717) is 19.4 Å². The number of nitrogens with one attached hydrogen (secondary N) is 2. The Bertz CT molecular complexity index is 411.